The highest BCUT2D eigenvalue weighted by Crippen LogP contribution is 2.27. The van der Waals surface area contributed by atoms with Gasteiger partial charge in [-0.2, -0.15) is 0 Å². The summed E-state index contributed by atoms with van der Waals surface area (Å²) in [6.45, 7) is 2.83. The van der Waals surface area contributed by atoms with E-state index in [2.05, 4.69) is 5.32 Å². The number of benzene rings is 2. The molecule has 0 saturated carbocycles. The van der Waals surface area contributed by atoms with Gasteiger partial charge in [-0.1, -0.05) is 24.6 Å². The molecular weight excluding hydrogens is 383 g/mol. The van der Waals surface area contributed by atoms with E-state index in [0.29, 0.717) is 37.2 Å². The van der Waals surface area contributed by atoms with Gasteiger partial charge in [0.05, 0.1) is 17.2 Å². The molecule has 7 heteroatoms. The van der Waals surface area contributed by atoms with Crippen LogP contribution in [-0.2, 0) is 6.42 Å². The molecule has 1 fully saturated rings. The molecule has 5 nitrogen and oxygen atoms in total. The largest absolute Gasteiger partial charge is 0.391 e. The lowest BCUT2D eigenvalue weighted by Crippen LogP contribution is -2.35. The summed E-state index contributed by atoms with van der Waals surface area (Å²) in [5.74, 6) is -0.893. The van der Waals surface area contributed by atoms with E-state index >= 15 is 0 Å². The van der Waals surface area contributed by atoms with Gasteiger partial charge < -0.3 is 20.4 Å². The highest BCUT2D eigenvalue weighted by Gasteiger charge is 2.24. The van der Waals surface area contributed by atoms with Gasteiger partial charge in [0.1, 0.15) is 5.82 Å². The second-order valence-corrected chi connectivity index (χ2v) is 7.48. The highest BCUT2D eigenvalue weighted by molar-refractivity contribution is 6.31. The minimum Gasteiger partial charge on any atom is -0.391 e. The van der Waals surface area contributed by atoms with Crippen molar-refractivity contribution in [1.82, 2.24) is 0 Å². The molecule has 3 N–H and O–H groups in total. The fourth-order valence-electron chi connectivity index (χ4n) is 3.42. The zero-order valence-corrected chi connectivity index (χ0v) is 16.4. The fraction of sp³-hybridized carbons (Fsp3) is 0.381. The Kier molecular flexibility index (Phi) is 6.54. The lowest BCUT2D eigenvalue weighted by molar-refractivity contribution is 0.102. The molecule has 150 valence electrons. The van der Waals surface area contributed by atoms with Crippen molar-refractivity contribution in [1.29, 1.82) is 0 Å². The van der Waals surface area contributed by atoms with E-state index in [0.717, 1.165) is 17.7 Å². The molecule has 1 aliphatic heterocycles. The average Bonchev–Trinajstić information content (AvgIpc) is 2.85. The predicted octanol–water partition coefficient (Wildman–Crippen LogP) is 3.62. The molecule has 1 heterocycles. The van der Waals surface area contributed by atoms with Crippen LogP contribution in [-0.4, -0.2) is 41.4 Å². The van der Waals surface area contributed by atoms with Gasteiger partial charge in [0.2, 0.25) is 0 Å². The maximum atomic E-state index is 13.3. The van der Waals surface area contributed by atoms with E-state index in [-0.39, 0.29) is 10.9 Å². The molecule has 3 rings (SSSR count). The first-order valence-corrected chi connectivity index (χ1v) is 9.75. The smallest absolute Gasteiger partial charge is 0.255 e. The van der Waals surface area contributed by atoms with Gasteiger partial charge in [-0.05, 0) is 55.2 Å². The zero-order valence-electron chi connectivity index (χ0n) is 15.7. The van der Waals surface area contributed by atoms with Gasteiger partial charge in [-0.25, -0.2) is 4.39 Å². The van der Waals surface area contributed by atoms with E-state index in [9.17, 15) is 19.4 Å². The molecule has 2 atom stereocenters. The minimum atomic E-state index is -0.549. The fourth-order valence-corrected chi connectivity index (χ4v) is 3.60. The Labute approximate surface area is 168 Å². The first kappa shape index (κ1) is 20.6. The number of amides is 1. The van der Waals surface area contributed by atoms with Crippen LogP contribution in [0.1, 0.15) is 35.7 Å². The molecule has 0 radical (unpaired) electrons. The minimum absolute atomic E-state index is 0.0626. The molecule has 0 aromatic heterocycles. The second-order valence-electron chi connectivity index (χ2n) is 7.07. The number of anilines is 2. The van der Waals surface area contributed by atoms with Crippen molar-refractivity contribution < 1.29 is 19.4 Å². The number of aliphatic hydroxyl groups excluding tert-OH is 2. The predicted molar refractivity (Wildman–Crippen MR) is 109 cm³/mol. The van der Waals surface area contributed by atoms with Gasteiger partial charge in [-0.15, -0.1) is 0 Å². The summed E-state index contributed by atoms with van der Waals surface area (Å²) in [5.41, 5.74) is 2.69. The molecule has 28 heavy (non-hydrogen) atoms. The Morgan fingerprint density at radius 3 is 2.46 bits per heavy atom. The Balaban J connectivity index is 1.87. The maximum Gasteiger partial charge on any atom is 0.255 e. The van der Waals surface area contributed by atoms with Gasteiger partial charge in [0, 0.05) is 30.0 Å². The number of aryl methyl sites for hydroxylation is 1. The molecule has 0 aliphatic carbocycles. The van der Waals surface area contributed by atoms with E-state index < -0.39 is 18.0 Å². The zero-order chi connectivity index (χ0) is 20.3. The topological polar surface area (TPSA) is 72.8 Å². The van der Waals surface area contributed by atoms with Crippen LogP contribution in [0.15, 0.2) is 36.4 Å². The molecule has 0 unspecified atom stereocenters. The van der Waals surface area contributed by atoms with Crippen molar-refractivity contribution in [3.8, 4) is 0 Å². The lowest BCUT2D eigenvalue weighted by Gasteiger charge is -2.28. The molecule has 2 aromatic rings. The number of carbonyl (C=O) groups excluding carboxylic acids is 1. The van der Waals surface area contributed by atoms with Gasteiger partial charge in [0.25, 0.3) is 5.91 Å². The summed E-state index contributed by atoms with van der Waals surface area (Å²) in [4.78, 5) is 14.6. The third-order valence-electron chi connectivity index (χ3n) is 4.94. The summed E-state index contributed by atoms with van der Waals surface area (Å²) in [5, 5.41) is 23.0. The first-order chi connectivity index (χ1) is 13.4. The lowest BCUT2D eigenvalue weighted by atomic mass is 10.0. The van der Waals surface area contributed by atoms with Crippen LogP contribution >= 0.6 is 11.6 Å². The van der Waals surface area contributed by atoms with Crippen LogP contribution in [0.25, 0.3) is 0 Å². The molecule has 0 bridgehead atoms. The summed E-state index contributed by atoms with van der Waals surface area (Å²) >= 11 is 5.77. The Morgan fingerprint density at radius 1 is 1.18 bits per heavy atom. The number of hydrogen-bond donors (Lipinski definition) is 3. The molecule has 1 aliphatic rings. The van der Waals surface area contributed by atoms with Crippen molar-refractivity contribution in [2.24, 2.45) is 0 Å². The summed E-state index contributed by atoms with van der Waals surface area (Å²) < 4.78 is 13.3. The summed E-state index contributed by atoms with van der Waals surface area (Å²) in [7, 11) is 0. The number of hydrogen-bond acceptors (Lipinski definition) is 4. The summed E-state index contributed by atoms with van der Waals surface area (Å²) in [6.07, 6.45) is 0.796. The number of halogens is 2. The van der Waals surface area contributed by atoms with Gasteiger partial charge >= 0.3 is 0 Å². The van der Waals surface area contributed by atoms with E-state index in [1.807, 2.05) is 17.9 Å². The van der Waals surface area contributed by atoms with Crippen LogP contribution < -0.4 is 10.2 Å². The number of β-amino-alcohol motifs (C(OH)–C–C–N with tert-alkyl or cyclic N) is 2. The van der Waals surface area contributed by atoms with Crippen LogP contribution in [0.4, 0.5) is 15.8 Å². The van der Waals surface area contributed by atoms with Crippen molar-refractivity contribution in [3.63, 3.8) is 0 Å². The molecular formula is C21H24ClFN2O3. The number of carbonyl (C=O) groups is 1. The van der Waals surface area contributed by atoms with Crippen LogP contribution in [0, 0.1) is 5.82 Å². The van der Waals surface area contributed by atoms with Crippen molar-refractivity contribution >= 4 is 28.9 Å². The third-order valence-corrected chi connectivity index (χ3v) is 5.23. The quantitative estimate of drug-likeness (QED) is 0.725. The van der Waals surface area contributed by atoms with Crippen LogP contribution in [0.2, 0.25) is 5.02 Å². The van der Waals surface area contributed by atoms with Crippen LogP contribution in [0.5, 0.6) is 0 Å². The van der Waals surface area contributed by atoms with Crippen LogP contribution in [0.3, 0.4) is 0 Å². The Hall–Kier alpha value is -2.15. The normalized spacial score (nSPS) is 20.0. The van der Waals surface area contributed by atoms with Gasteiger partial charge in [0.15, 0.2) is 0 Å². The standard InChI is InChI=1S/C21H24ClFN2O3/c1-2-13-3-4-14(21(28)24-15-5-8-19(23)18(22)10-15)9-20(13)25-11-16(26)6-7-17(27)12-25/h3-5,8-10,16-17,26-27H,2,6-7,11-12H2,1H3,(H,24,28)/t16-,17+. The van der Waals surface area contributed by atoms with Gasteiger partial charge in [-0.3, -0.25) is 4.79 Å². The number of rotatable bonds is 4. The molecule has 2 aromatic carbocycles. The number of aliphatic hydroxyl groups is 2. The average molecular weight is 407 g/mol. The maximum absolute atomic E-state index is 13.3. The van der Waals surface area contributed by atoms with Crippen molar-refractivity contribution in [2.45, 2.75) is 38.4 Å². The molecule has 0 spiro atoms. The Morgan fingerprint density at radius 2 is 1.86 bits per heavy atom. The monoisotopic (exact) mass is 406 g/mol. The highest BCUT2D eigenvalue weighted by atomic mass is 35.5. The van der Waals surface area contributed by atoms with E-state index in [1.165, 1.54) is 18.2 Å². The first-order valence-electron chi connectivity index (χ1n) is 9.37. The van der Waals surface area contributed by atoms with Crippen molar-refractivity contribution in [2.75, 3.05) is 23.3 Å². The van der Waals surface area contributed by atoms with E-state index in [4.69, 9.17) is 11.6 Å². The molecule has 1 amide bonds. The van der Waals surface area contributed by atoms with E-state index in [1.54, 1.807) is 12.1 Å². The second kappa shape index (κ2) is 8.90. The third kappa shape index (κ3) is 4.82. The molecule has 1 saturated heterocycles. The van der Waals surface area contributed by atoms with Crippen molar-refractivity contribution in [3.05, 3.63) is 58.4 Å². The Bertz CT molecular complexity index is 850. The number of nitrogens with zero attached hydrogens (tertiary/aromatic N) is 1. The SMILES string of the molecule is CCc1ccc(C(=O)Nc2ccc(F)c(Cl)c2)cc1N1C[C@H](O)CC[C@H](O)C1. The number of nitrogens with one attached hydrogen (secondary N) is 1. The summed E-state index contributed by atoms with van der Waals surface area (Å²) in [6, 6.07) is 9.38.